The molecule has 0 aliphatic rings. The number of rotatable bonds is 2. The fourth-order valence-corrected chi connectivity index (χ4v) is 2.74. The van der Waals surface area contributed by atoms with Crippen LogP contribution in [0.2, 0.25) is 8.37 Å². The van der Waals surface area contributed by atoms with Crippen molar-refractivity contribution in [3.63, 3.8) is 0 Å². The molecule has 36 valence electrons. The van der Waals surface area contributed by atoms with Crippen LogP contribution in [0, 0.1) is 0 Å². The summed E-state index contributed by atoms with van der Waals surface area (Å²) in [6, 6.07) is 0. The standard InChI is InChI=1S/C3H7.C2H5.Sn/c1-3-2;1-2;/h3H,1-2H3;1H2,2H3;. The summed E-state index contributed by atoms with van der Waals surface area (Å²) in [5, 5.41) is 0. The Balaban J connectivity index is 2.63. The average molecular weight is 191 g/mol. The Morgan fingerprint density at radius 1 is 1.50 bits per heavy atom. The molecule has 1 heteroatoms. The third kappa shape index (κ3) is 4.80. The summed E-state index contributed by atoms with van der Waals surface area (Å²) in [4.78, 5) is 0. The van der Waals surface area contributed by atoms with E-state index in [0.717, 1.165) is 3.93 Å². The van der Waals surface area contributed by atoms with Crippen LogP contribution in [0.4, 0.5) is 0 Å². The van der Waals surface area contributed by atoms with Gasteiger partial charge in [0.1, 0.15) is 0 Å². The Labute approximate surface area is 50.5 Å². The molecular weight excluding hydrogens is 179 g/mol. The normalized spacial score (nSPS) is 10.0. The van der Waals surface area contributed by atoms with E-state index in [4.69, 9.17) is 0 Å². The number of hydrogen-bond donors (Lipinski definition) is 0. The van der Waals surface area contributed by atoms with Gasteiger partial charge in [-0.3, -0.25) is 0 Å². The molecule has 0 bridgehead atoms. The van der Waals surface area contributed by atoms with Crippen LogP contribution < -0.4 is 0 Å². The molecule has 0 aliphatic heterocycles. The van der Waals surface area contributed by atoms with Gasteiger partial charge >= 0.3 is 50.3 Å². The van der Waals surface area contributed by atoms with Crippen LogP contribution in [0.3, 0.4) is 0 Å². The fraction of sp³-hybridized carbons (Fsp3) is 1.00. The van der Waals surface area contributed by atoms with E-state index in [0.29, 0.717) is 0 Å². The Morgan fingerprint density at radius 2 is 2.00 bits per heavy atom. The van der Waals surface area contributed by atoms with Gasteiger partial charge in [-0.15, -0.1) is 0 Å². The van der Waals surface area contributed by atoms with E-state index in [-0.39, 0.29) is 21.1 Å². The van der Waals surface area contributed by atoms with Gasteiger partial charge in [0.2, 0.25) is 0 Å². The van der Waals surface area contributed by atoms with E-state index in [2.05, 4.69) is 20.8 Å². The molecule has 0 aromatic heterocycles. The minimum atomic E-state index is 0.128. The van der Waals surface area contributed by atoms with Crippen molar-refractivity contribution in [3.8, 4) is 0 Å². The van der Waals surface area contributed by atoms with E-state index in [9.17, 15) is 0 Å². The Kier molecular flexibility index (Phi) is 4.50. The van der Waals surface area contributed by atoms with Gasteiger partial charge in [0, 0.05) is 0 Å². The average Bonchev–Trinajstić information content (AvgIpc) is 1.35. The third-order valence-electron chi connectivity index (χ3n) is 0.612. The molecule has 6 heavy (non-hydrogen) atoms. The van der Waals surface area contributed by atoms with Crippen LogP contribution in [0.5, 0.6) is 0 Å². The van der Waals surface area contributed by atoms with Crippen molar-refractivity contribution in [1.29, 1.82) is 0 Å². The van der Waals surface area contributed by atoms with Crippen molar-refractivity contribution in [2.75, 3.05) is 0 Å². The van der Waals surface area contributed by atoms with Crippen molar-refractivity contribution in [2.24, 2.45) is 0 Å². The maximum atomic E-state index is 2.33. The third-order valence-corrected chi connectivity index (χ3v) is 4.11. The molecule has 0 aromatic carbocycles. The first kappa shape index (κ1) is 6.80. The first-order valence-electron chi connectivity index (χ1n) is 2.50. The van der Waals surface area contributed by atoms with Gasteiger partial charge in [-0.1, -0.05) is 0 Å². The van der Waals surface area contributed by atoms with E-state index in [1.807, 2.05) is 0 Å². The van der Waals surface area contributed by atoms with Gasteiger partial charge in [-0.2, -0.15) is 0 Å². The van der Waals surface area contributed by atoms with Crippen molar-refractivity contribution in [2.45, 2.75) is 29.1 Å². The number of hydrogen-bond acceptors (Lipinski definition) is 0. The van der Waals surface area contributed by atoms with Crippen LogP contribution in [-0.4, -0.2) is 21.1 Å². The van der Waals surface area contributed by atoms with Gasteiger partial charge in [-0.05, 0) is 0 Å². The van der Waals surface area contributed by atoms with Crippen LogP contribution in [0.25, 0.3) is 0 Å². The zero-order chi connectivity index (χ0) is 4.99. The minimum absolute atomic E-state index is 0.128. The van der Waals surface area contributed by atoms with Crippen molar-refractivity contribution < 1.29 is 0 Å². The van der Waals surface area contributed by atoms with Crippen LogP contribution >= 0.6 is 0 Å². The quantitative estimate of drug-likeness (QED) is 0.585. The van der Waals surface area contributed by atoms with Gasteiger partial charge in [0.15, 0.2) is 0 Å². The second-order valence-corrected chi connectivity index (χ2v) is 8.19. The Morgan fingerprint density at radius 3 is 2.00 bits per heavy atom. The summed E-state index contributed by atoms with van der Waals surface area (Å²) < 4.78 is 2.57. The molecule has 0 amide bonds. The molecule has 0 spiro atoms. The van der Waals surface area contributed by atoms with Gasteiger partial charge in [0.05, 0.1) is 0 Å². The molecule has 0 heterocycles. The molecule has 0 atom stereocenters. The molecule has 0 unspecified atom stereocenters. The van der Waals surface area contributed by atoms with Crippen molar-refractivity contribution in [1.82, 2.24) is 0 Å². The zero-order valence-corrected chi connectivity index (χ0v) is 7.64. The second-order valence-electron chi connectivity index (χ2n) is 1.71. The molecule has 0 fully saturated rings. The molecule has 0 saturated carbocycles. The molecular formula is C5H12Sn. The Bertz CT molecular complexity index is 25.1. The van der Waals surface area contributed by atoms with Gasteiger partial charge < -0.3 is 0 Å². The van der Waals surface area contributed by atoms with E-state index < -0.39 is 0 Å². The van der Waals surface area contributed by atoms with Crippen LogP contribution in [-0.2, 0) is 0 Å². The maximum absolute atomic E-state index is 2.33. The van der Waals surface area contributed by atoms with Gasteiger partial charge in [-0.25, -0.2) is 0 Å². The SMILES string of the molecule is C[CH2][Sn][CH](C)C. The molecule has 2 radical (unpaired) electrons. The predicted molar refractivity (Wildman–Crippen MR) is 31.3 cm³/mol. The molecule has 0 saturated heterocycles. The summed E-state index contributed by atoms with van der Waals surface area (Å²) in [5.74, 6) is 0. The Hall–Kier alpha value is 0.799. The monoisotopic (exact) mass is 192 g/mol. The van der Waals surface area contributed by atoms with E-state index in [1.54, 1.807) is 0 Å². The zero-order valence-electron chi connectivity index (χ0n) is 4.78. The molecule has 0 rings (SSSR count). The second kappa shape index (κ2) is 3.97. The molecule has 0 aliphatic carbocycles. The van der Waals surface area contributed by atoms with Gasteiger partial charge in [0.25, 0.3) is 0 Å². The predicted octanol–water partition coefficient (Wildman–Crippen LogP) is 1.96. The summed E-state index contributed by atoms with van der Waals surface area (Å²) in [7, 11) is 0. The van der Waals surface area contributed by atoms with Crippen molar-refractivity contribution in [3.05, 3.63) is 0 Å². The summed E-state index contributed by atoms with van der Waals surface area (Å²) in [6.07, 6.45) is 0. The molecule has 0 aromatic rings. The summed E-state index contributed by atoms with van der Waals surface area (Å²) >= 11 is 0.128. The van der Waals surface area contributed by atoms with Crippen LogP contribution in [0.1, 0.15) is 20.8 Å². The summed E-state index contributed by atoms with van der Waals surface area (Å²) in [5.41, 5.74) is 0. The molecule has 0 nitrogen and oxygen atoms in total. The van der Waals surface area contributed by atoms with Crippen molar-refractivity contribution >= 4 is 21.1 Å². The summed E-state index contributed by atoms with van der Waals surface area (Å²) in [6.45, 7) is 6.96. The first-order valence-corrected chi connectivity index (χ1v) is 6.17. The first-order chi connectivity index (χ1) is 2.77. The van der Waals surface area contributed by atoms with E-state index >= 15 is 0 Å². The van der Waals surface area contributed by atoms with E-state index in [1.165, 1.54) is 4.44 Å². The fourth-order valence-electron chi connectivity index (χ4n) is 0.408. The topological polar surface area (TPSA) is 0 Å². The van der Waals surface area contributed by atoms with Crippen LogP contribution in [0.15, 0.2) is 0 Å². The molecule has 0 N–H and O–H groups in total.